The highest BCUT2D eigenvalue weighted by Gasteiger charge is 2.12. The second-order valence-electron chi connectivity index (χ2n) is 4.16. The van der Waals surface area contributed by atoms with Gasteiger partial charge in [0.1, 0.15) is 12.4 Å². The van der Waals surface area contributed by atoms with Gasteiger partial charge in [-0.1, -0.05) is 23.4 Å². The Morgan fingerprint density at radius 3 is 2.76 bits per heavy atom. The molecule has 0 aliphatic heterocycles. The van der Waals surface area contributed by atoms with Gasteiger partial charge in [-0.05, 0) is 40.8 Å². The third-order valence-electron chi connectivity index (χ3n) is 2.79. The fraction of sp³-hybridized carbons (Fsp3) is 0.133. The fourth-order valence-electron chi connectivity index (χ4n) is 1.79. The zero-order valence-electron chi connectivity index (χ0n) is 11.2. The summed E-state index contributed by atoms with van der Waals surface area (Å²) in [5.41, 5.74) is 1.15. The molecule has 0 unspecified atom stereocenters. The highest BCUT2D eigenvalue weighted by atomic mass is 127. The van der Waals surface area contributed by atoms with Crippen LogP contribution in [0.25, 0.3) is 0 Å². The molecule has 2 aromatic rings. The quantitative estimate of drug-likeness (QED) is 0.359. The summed E-state index contributed by atoms with van der Waals surface area (Å²) in [6, 6.07) is 9.90. The van der Waals surface area contributed by atoms with E-state index in [-0.39, 0.29) is 12.4 Å². The number of hydrogen-bond donors (Lipinski definition) is 1. The number of nitrogens with zero attached hydrogens (tertiary/aromatic N) is 1. The number of hydrogen-bond acceptors (Lipinski definition) is 4. The summed E-state index contributed by atoms with van der Waals surface area (Å²) in [4.78, 5) is 0. The molecule has 0 fully saturated rings. The van der Waals surface area contributed by atoms with Crippen molar-refractivity contribution in [3.05, 3.63) is 56.9 Å². The zero-order valence-corrected chi connectivity index (χ0v) is 13.4. The van der Waals surface area contributed by atoms with Gasteiger partial charge in [0.15, 0.2) is 11.5 Å². The largest absolute Gasteiger partial charge is 0.493 e. The molecule has 0 amide bonds. The Hall–Kier alpha value is -1.83. The van der Waals surface area contributed by atoms with E-state index < -0.39 is 0 Å². The second-order valence-corrected chi connectivity index (χ2v) is 5.32. The smallest absolute Gasteiger partial charge is 0.174 e. The van der Waals surface area contributed by atoms with E-state index in [1.807, 2.05) is 0 Å². The average molecular weight is 401 g/mol. The van der Waals surface area contributed by atoms with Gasteiger partial charge in [-0.2, -0.15) is 0 Å². The summed E-state index contributed by atoms with van der Waals surface area (Å²) in [6.07, 6.45) is 1.30. The number of ether oxygens (including phenoxy) is 2. The molecule has 0 aliphatic carbocycles. The predicted octanol–water partition coefficient (Wildman–Crippen LogP) is 3.83. The standard InChI is InChI=1S/C15H13FINO3/c1-20-14-7-10(8-18-19)6-13(17)15(14)21-9-11-4-2-3-5-12(11)16/h2-8,19H,9H2,1H3/b18-8-. The van der Waals surface area contributed by atoms with E-state index in [1.54, 1.807) is 30.3 Å². The summed E-state index contributed by atoms with van der Waals surface area (Å²) in [6.45, 7) is 0.104. The van der Waals surface area contributed by atoms with Gasteiger partial charge < -0.3 is 14.7 Å². The van der Waals surface area contributed by atoms with Crippen LogP contribution in [0.15, 0.2) is 41.6 Å². The lowest BCUT2D eigenvalue weighted by Crippen LogP contribution is -2.02. The Morgan fingerprint density at radius 2 is 2.10 bits per heavy atom. The Bertz CT molecular complexity index is 661. The van der Waals surface area contributed by atoms with Gasteiger partial charge in [-0.25, -0.2) is 4.39 Å². The maximum Gasteiger partial charge on any atom is 0.174 e. The zero-order chi connectivity index (χ0) is 15.2. The summed E-state index contributed by atoms with van der Waals surface area (Å²) >= 11 is 2.08. The predicted molar refractivity (Wildman–Crippen MR) is 85.8 cm³/mol. The topological polar surface area (TPSA) is 51.0 Å². The lowest BCUT2D eigenvalue weighted by atomic mass is 10.2. The molecule has 0 aliphatic rings. The van der Waals surface area contributed by atoms with E-state index in [4.69, 9.17) is 14.7 Å². The first-order valence-corrected chi connectivity index (χ1v) is 7.14. The minimum absolute atomic E-state index is 0.104. The van der Waals surface area contributed by atoms with Gasteiger partial charge in [-0.3, -0.25) is 0 Å². The van der Waals surface area contributed by atoms with Gasteiger partial charge in [0.25, 0.3) is 0 Å². The van der Waals surface area contributed by atoms with Crippen molar-refractivity contribution >= 4 is 28.8 Å². The van der Waals surface area contributed by atoms with Crippen LogP contribution in [0.4, 0.5) is 4.39 Å². The number of rotatable bonds is 5. The van der Waals surface area contributed by atoms with Crippen LogP contribution in [0.5, 0.6) is 11.5 Å². The van der Waals surface area contributed by atoms with Crippen LogP contribution in [0, 0.1) is 9.39 Å². The molecule has 0 bridgehead atoms. The molecule has 21 heavy (non-hydrogen) atoms. The van der Waals surface area contributed by atoms with E-state index in [0.717, 1.165) is 3.57 Å². The molecule has 1 N–H and O–H groups in total. The van der Waals surface area contributed by atoms with Crippen LogP contribution in [-0.4, -0.2) is 18.5 Å². The average Bonchev–Trinajstić information content (AvgIpc) is 2.47. The lowest BCUT2D eigenvalue weighted by Gasteiger charge is -2.13. The van der Waals surface area contributed by atoms with Crippen molar-refractivity contribution in [3.8, 4) is 11.5 Å². The molecule has 0 saturated heterocycles. The minimum atomic E-state index is -0.310. The van der Waals surface area contributed by atoms with Crippen LogP contribution in [-0.2, 0) is 6.61 Å². The first-order valence-electron chi connectivity index (χ1n) is 6.07. The first-order chi connectivity index (χ1) is 10.2. The van der Waals surface area contributed by atoms with Crippen molar-refractivity contribution in [2.75, 3.05) is 7.11 Å². The molecule has 0 heterocycles. The molecular weight excluding hydrogens is 388 g/mol. The fourth-order valence-corrected chi connectivity index (χ4v) is 2.57. The van der Waals surface area contributed by atoms with Gasteiger partial charge in [-0.15, -0.1) is 0 Å². The van der Waals surface area contributed by atoms with Crippen LogP contribution < -0.4 is 9.47 Å². The molecule has 0 aromatic heterocycles. The van der Waals surface area contributed by atoms with Crippen LogP contribution in [0.1, 0.15) is 11.1 Å². The number of halogens is 2. The lowest BCUT2D eigenvalue weighted by molar-refractivity contribution is 0.277. The summed E-state index contributed by atoms with van der Waals surface area (Å²) < 4.78 is 25.3. The Labute approximate surface area is 135 Å². The normalized spacial score (nSPS) is 10.8. The van der Waals surface area contributed by atoms with E-state index >= 15 is 0 Å². The SMILES string of the molecule is COc1cc(/C=N\O)cc(I)c1OCc1ccccc1F. The summed E-state index contributed by atoms with van der Waals surface area (Å²) in [7, 11) is 1.52. The molecule has 0 saturated carbocycles. The maximum atomic E-state index is 13.6. The third kappa shape index (κ3) is 3.84. The maximum absolute atomic E-state index is 13.6. The van der Waals surface area contributed by atoms with Gasteiger partial charge in [0.05, 0.1) is 16.9 Å². The molecule has 0 radical (unpaired) electrons. The van der Waals surface area contributed by atoms with E-state index in [2.05, 4.69) is 27.7 Å². The molecule has 2 aromatic carbocycles. The number of oxime groups is 1. The third-order valence-corrected chi connectivity index (χ3v) is 3.59. The Balaban J connectivity index is 2.25. The van der Waals surface area contributed by atoms with Crippen molar-refractivity contribution in [1.29, 1.82) is 0 Å². The molecule has 2 rings (SSSR count). The highest BCUT2D eigenvalue weighted by Crippen LogP contribution is 2.34. The van der Waals surface area contributed by atoms with Gasteiger partial charge in [0, 0.05) is 11.1 Å². The number of methoxy groups -OCH3 is 1. The molecule has 0 atom stereocenters. The molecule has 0 spiro atoms. The van der Waals surface area contributed by atoms with Crippen molar-refractivity contribution in [1.82, 2.24) is 0 Å². The van der Waals surface area contributed by atoms with Crippen LogP contribution in [0.3, 0.4) is 0 Å². The summed E-state index contributed by atoms with van der Waals surface area (Å²) in [5, 5.41) is 11.6. The van der Waals surface area contributed by atoms with Gasteiger partial charge >= 0.3 is 0 Å². The van der Waals surface area contributed by atoms with Crippen molar-refractivity contribution < 1.29 is 19.1 Å². The van der Waals surface area contributed by atoms with Gasteiger partial charge in [0.2, 0.25) is 0 Å². The Kier molecular flexibility index (Phi) is 5.38. The molecule has 4 nitrogen and oxygen atoms in total. The van der Waals surface area contributed by atoms with Crippen molar-refractivity contribution in [3.63, 3.8) is 0 Å². The van der Waals surface area contributed by atoms with Crippen LogP contribution >= 0.6 is 22.6 Å². The van der Waals surface area contributed by atoms with E-state index in [9.17, 15) is 4.39 Å². The van der Waals surface area contributed by atoms with E-state index in [1.165, 1.54) is 19.4 Å². The van der Waals surface area contributed by atoms with Crippen molar-refractivity contribution in [2.45, 2.75) is 6.61 Å². The number of benzene rings is 2. The molecule has 6 heteroatoms. The monoisotopic (exact) mass is 401 g/mol. The minimum Gasteiger partial charge on any atom is -0.493 e. The summed E-state index contributed by atoms with van der Waals surface area (Å²) in [5.74, 6) is 0.708. The first kappa shape index (κ1) is 15.6. The second kappa shape index (κ2) is 7.26. The molecular formula is C15H13FINO3. The van der Waals surface area contributed by atoms with Crippen LogP contribution in [0.2, 0.25) is 0 Å². The molecule has 110 valence electrons. The highest BCUT2D eigenvalue weighted by molar-refractivity contribution is 14.1. The van der Waals surface area contributed by atoms with Crippen molar-refractivity contribution in [2.24, 2.45) is 5.16 Å². The van der Waals surface area contributed by atoms with E-state index in [0.29, 0.717) is 22.6 Å². The Morgan fingerprint density at radius 1 is 1.33 bits per heavy atom.